The Bertz CT molecular complexity index is 251. The SMILES string of the molecule is CC(C)COCCNC1=NCC(C2CC2)S1. The molecule has 4 heteroatoms. The van der Waals surface area contributed by atoms with E-state index in [4.69, 9.17) is 4.74 Å². The Kier molecular flexibility index (Phi) is 4.53. The zero-order chi connectivity index (χ0) is 11.4. The normalized spacial score (nSPS) is 24.9. The summed E-state index contributed by atoms with van der Waals surface area (Å²) >= 11 is 1.93. The molecule has 2 rings (SSSR count). The second-order valence-electron chi connectivity index (χ2n) is 5.04. The van der Waals surface area contributed by atoms with Gasteiger partial charge in [-0.3, -0.25) is 4.99 Å². The topological polar surface area (TPSA) is 33.6 Å². The molecule has 1 aliphatic heterocycles. The van der Waals surface area contributed by atoms with Crippen LogP contribution >= 0.6 is 11.8 Å². The van der Waals surface area contributed by atoms with Gasteiger partial charge < -0.3 is 10.1 Å². The third kappa shape index (κ3) is 3.98. The minimum Gasteiger partial charge on any atom is -0.379 e. The second kappa shape index (κ2) is 5.92. The van der Waals surface area contributed by atoms with E-state index in [0.29, 0.717) is 5.92 Å². The number of hydrogen-bond acceptors (Lipinski definition) is 4. The van der Waals surface area contributed by atoms with Crippen molar-refractivity contribution in [2.45, 2.75) is 31.9 Å². The molecule has 3 nitrogen and oxygen atoms in total. The van der Waals surface area contributed by atoms with Crippen molar-refractivity contribution in [2.75, 3.05) is 26.3 Å². The van der Waals surface area contributed by atoms with E-state index in [1.165, 1.54) is 12.8 Å². The summed E-state index contributed by atoms with van der Waals surface area (Å²) in [5, 5.41) is 5.25. The first-order valence-corrected chi connectivity index (χ1v) is 7.16. The molecule has 1 aliphatic carbocycles. The van der Waals surface area contributed by atoms with Crippen LogP contribution in [0.3, 0.4) is 0 Å². The van der Waals surface area contributed by atoms with Gasteiger partial charge in [0.15, 0.2) is 5.17 Å². The Morgan fingerprint density at radius 2 is 2.31 bits per heavy atom. The number of rotatable bonds is 6. The fourth-order valence-electron chi connectivity index (χ4n) is 1.75. The lowest BCUT2D eigenvalue weighted by molar-refractivity contribution is 0.114. The smallest absolute Gasteiger partial charge is 0.157 e. The van der Waals surface area contributed by atoms with Crippen molar-refractivity contribution < 1.29 is 4.74 Å². The lowest BCUT2D eigenvalue weighted by Gasteiger charge is -2.09. The van der Waals surface area contributed by atoms with E-state index in [-0.39, 0.29) is 0 Å². The molecule has 1 unspecified atom stereocenters. The van der Waals surface area contributed by atoms with Crippen molar-refractivity contribution in [3.63, 3.8) is 0 Å². The number of amidine groups is 1. The number of nitrogens with zero attached hydrogens (tertiary/aromatic N) is 1. The zero-order valence-corrected chi connectivity index (χ0v) is 11.1. The highest BCUT2D eigenvalue weighted by Crippen LogP contribution is 2.41. The Labute approximate surface area is 102 Å². The van der Waals surface area contributed by atoms with Crippen LogP contribution in [0.25, 0.3) is 0 Å². The highest BCUT2D eigenvalue weighted by atomic mass is 32.2. The number of nitrogens with one attached hydrogen (secondary N) is 1. The van der Waals surface area contributed by atoms with E-state index in [2.05, 4.69) is 24.2 Å². The summed E-state index contributed by atoms with van der Waals surface area (Å²) in [4.78, 5) is 4.52. The van der Waals surface area contributed by atoms with Gasteiger partial charge in [0, 0.05) is 18.4 Å². The van der Waals surface area contributed by atoms with Crippen LogP contribution in [0.15, 0.2) is 4.99 Å². The maximum absolute atomic E-state index is 5.51. The summed E-state index contributed by atoms with van der Waals surface area (Å²) in [5.74, 6) is 1.57. The predicted octanol–water partition coefficient (Wildman–Crippen LogP) is 2.13. The van der Waals surface area contributed by atoms with Crippen LogP contribution in [0, 0.1) is 11.8 Å². The average molecular weight is 242 g/mol. The van der Waals surface area contributed by atoms with Crippen molar-refractivity contribution >= 4 is 16.9 Å². The van der Waals surface area contributed by atoms with Crippen molar-refractivity contribution in [1.29, 1.82) is 0 Å². The first kappa shape index (κ1) is 12.2. The summed E-state index contributed by atoms with van der Waals surface area (Å²) in [5.41, 5.74) is 0. The van der Waals surface area contributed by atoms with Gasteiger partial charge in [-0.25, -0.2) is 0 Å². The number of aliphatic imine (C=N–C) groups is 1. The predicted molar refractivity (Wildman–Crippen MR) is 70.1 cm³/mol. The summed E-state index contributed by atoms with van der Waals surface area (Å²) in [6, 6.07) is 0. The minimum absolute atomic E-state index is 0.623. The van der Waals surface area contributed by atoms with E-state index in [0.717, 1.165) is 42.6 Å². The van der Waals surface area contributed by atoms with Gasteiger partial charge in [-0.2, -0.15) is 0 Å². The molecule has 2 aliphatic rings. The first-order chi connectivity index (χ1) is 7.75. The quantitative estimate of drug-likeness (QED) is 0.724. The molecule has 1 saturated carbocycles. The number of ether oxygens (including phenoxy) is 1. The number of thioether (sulfide) groups is 1. The van der Waals surface area contributed by atoms with Gasteiger partial charge in [-0.15, -0.1) is 0 Å². The van der Waals surface area contributed by atoms with Gasteiger partial charge in [-0.05, 0) is 24.7 Å². The Balaban J connectivity index is 1.50. The largest absolute Gasteiger partial charge is 0.379 e. The van der Waals surface area contributed by atoms with Crippen molar-refractivity contribution in [3.8, 4) is 0 Å². The zero-order valence-electron chi connectivity index (χ0n) is 10.2. The summed E-state index contributed by atoms with van der Waals surface area (Å²) < 4.78 is 5.51. The van der Waals surface area contributed by atoms with E-state index < -0.39 is 0 Å². The van der Waals surface area contributed by atoms with Crippen molar-refractivity contribution in [2.24, 2.45) is 16.8 Å². The molecule has 0 bridgehead atoms. The summed E-state index contributed by atoms with van der Waals surface area (Å²) in [6.07, 6.45) is 2.83. The molecular weight excluding hydrogens is 220 g/mol. The van der Waals surface area contributed by atoms with Crippen molar-refractivity contribution in [1.82, 2.24) is 5.32 Å². The highest BCUT2D eigenvalue weighted by molar-refractivity contribution is 8.14. The Morgan fingerprint density at radius 3 is 3.00 bits per heavy atom. The van der Waals surface area contributed by atoms with Gasteiger partial charge in [0.1, 0.15) is 0 Å². The van der Waals surface area contributed by atoms with E-state index in [9.17, 15) is 0 Å². The molecule has 1 heterocycles. The Hall–Kier alpha value is -0.220. The highest BCUT2D eigenvalue weighted by Gasteiger charge is 2.35. The molecule has 1 fully saturated rings. The van der Waals surface area contributed by atoms with Gasteiger partial charge in [0.2, 0.25) is 0 Å². The standard InChI is InChI=1S/C12H22N2OS/c1-9(2)8-15-6-5-13-12-14-7-11(16-12)10-3-4-10/h9-11H,3-8H2,1-2H3,(H,13,14). The molecular formula is C12H22N2OS. The van der Waals surface area contributed by atoms with Gasteiger partial charge >= 0.3 is 0 Å². The monoisotopic (exact) mass is 242 g/mol. The Morgan fingerprint density at radius 1 is 1.50 bits per heavy atom. The molecule has 0 aromatic heterocycles. The van der Waals surface area contributed by atoms with Crippen LogP contribution in [0.4, 0.5) is 0 Å². The maximum atomic E-state index is 5.51. The van der Waals surface area contributed by atoms with Gasteiger partial charge in [0.25, 0.3) is 0 Å². The molecule has 0 amide bonds. The molecule has 1 atom stereocenters. The third-order valence-corrected chi connectivity index (χ3v) is 4.13. The number of hydrogen-bond donors (Lipinski definition) is 1. The van der Waals surface area contributed by atoms with Gasteiger partial charge in [-0.1, -0.05) is 25.6 Å². The first-order valence-electron chi connectivity index (χ1n) is 6.28. The molecule has 0 saturated heterocycles. The lowest BCUT2D eigenvalue weighted by atomic mass is 10.2. The third-order valence-electron chi connectivity index (χ3n) is 2.80. The maximum Gasteiger partial charge on any atom is 0.157 e. The van der Waals surface area contributed by atoms with Crippen LogP contribution in [0.5, 0.6) is 0 Å². The van der Waals surface area contributed by atoms with Crippen LogP contribution in [0.2, 0.25) is 0 Å². The molecule has 0 aromatic carbocycles. The average Bonchev–Trinajstić information content (AvgIpc) is 2.99. The fourth-order valence-corrected chi connectivity index (χ4v) is 2.99. The van der Waals surface area contributed by atoms with Crippen LogP contribution in [-0.2, 0) is 4.74 Å². The summed E-state index contributed by atoms with van der Waals surface area (Å²) in [7, 11) is 0. The second-order valence-corrected chi connectivity index (χ2v) is 6.26. The molecule has 92 valence electrons. The molecule has 16 heavy (non-hydrogen) atoms. The van der Waals surface area contributed by atoms with Crippen LogP contribution < -0.4 is 5.32 Å². The van der Waals surface area contributed by atoms with Gasteiger partial charge in [0.05, 0.1) is 13.2 Å². The van der Waals surface area contributed by atoms with E-state index >= 15 is 0 Å². The lowest BCUT2D eigenvalue weighted by Crippen LogP contribution is -2.25. The van der Waals surface area contributed by atoms with Crippen molar-refractivity contribution in [3.05, 3.63) is 0 Å². The van der Waals surface area contributed by atoms with E-state index in [1.54, 1.807) is 0 Å². The molecule has 0 radical (unpaired) electrons. The van der Waals surface area contributed by atoms with E-state index in [1.807, 2.05) is 11.8 Å². The van der Waals surface area contributed by atoms with Crippen LogP contribution in [-0.4, -0.2) is 36.7 Å². The molecule has 0 spiro atoms. The molecule has 0 aromatic rings. The minimum atomic E-state index is 0.623. The van der Waals surface area contributed by atoms with Crippen LogP contribution in [0.1, 0.15) is 26.7 Å². The fraction of sp³-hybridized carbons (Fsp3) is 0.917. The summed E-state index contributed by atoms with van der Waals surface area (Å²) in [6.45, 7) is 7.88. The molecule has 1 N–H and O–H groups in total.